The van der Waals surface area contributed by atoms with Crippen molar-refractivity contribution in [1.82, 2.24) is 4.90 Å². The van der Waals surface area contributed by atoms with Gasteiger partial charge in [-0.2, -0.15) is 0 Å². The van der Waals surface area contributed by atoms with Crippen LogP contribution in [0.2, 0.25) is 10.0 Å². The summed E-state index contributed by atoms with van der Waals surface area (Å²) in [5.74, 6) is -0.150. The molecule has 1 atom stereocenters. The maximum absolute atomic E-state index is 14.1. The van der Waals surface area contributed by atoms with E-state index in [1.165, 1.54) is 6.07 Å². The lowest BCUT2D eigenvalue weighted by Gasteiger charge is -2.26. The minimum Gasteiger partial charge on any atom is -0.390 e. The van der Waals surface area contributed by atoms with E-state index in [1.807, 2.05) is 19.9 Å². The molecule has 1 unspecified atom stereocenters. The van der Waals surface area contributed by atoms with Crippen LogP contribution in [0.1, 0.15) is 37.8 Å². The number of carbonyl (C=O) groups is 1. The Bertz CT molecular complexity index is 917. The zero-order valence-electron chi connectivity index (χ0n) is 16.4. The molecule has 7 heteroatoms. The molecular formula is C22H23Cl2FN2O2. The smallest absolute Gasteiger partial charge is 0.223 e. The van der Waals surface area contributed by atoms with E-state index >= 15 is 0 Å². The number of nitrogens with zero attached hydrogens (tertiary/aromatic N) is 2. The van der Waals surface area contributed by atoms with Crippen LogP contribution in [0.4, 0.5) is 4.39 Å². The third kappa shape index (κ3) is 5.71. The second-order valence-corrected chi connectivity index (χ2v) is 8.38. The van der Waals surface area contributed by atoms with Gasteiger partial charge >= 0.3 is 0 Å². The first-order valence-corrected chi connectivity index (χ1v) is 10.3. The third-order valence-electron chi connectivity index (χ3n) is 4.66. The number of hydrogen-bond acceptors (Lipinski definition) is 3. The number of carbonyl (C=O) groups excluding carboxylic acids is 1. The largest absolute Gasteiger partial charge is 0.390 e. The highest BCUT2D eigenvalue weighted by molar-refractivity contribution is 6.42. The molecule has 2 aromatic carbocycles. The fourth-order valence-electron chi connectivity index (χ4n) is 3.18. The zero-order valence-corrected chi connectivity index (χ0v) is 17.9. The van der Waals surface area contributed by atoms with Crippen molar-refractivity contribution in [2.45, 2.75) is 39.3 Å². The van der Waals surface area contributed by atoms with Gasteiger partial charge in [0.2, 0.25) is 5.91 Å². The van der Waals surface area contributed by atoms with Crippen molar-refractivity contribution < 1.29 is 14.0 Å². The summed E-state index contributed by atoms with van der Waals surface area (Å²) in [5.41, 5.74) is 2.06. The van der Waals surface area contributed by atoms with E-state index in [4.69, 9.17) is 28.0 Å². The summed E-state index contributed by atoms with van der Waals surface area (Å²) in [5, 5.41) is 5.08. The van der Waals surface area contributed by atoms with Crippen molar-refractivity contribution in [3.8, 4) is 0 Å². The lowest BCUT2D eigenvalue weighted by atomic mass is 10.0. The van der Waals surface area contributed by atoms with Crippen LogP contribution >= 0.6 is 23.2 Å². The molecule has 0 saturated carbocycles. The summed E-state index contributed by atoms with van der Waals surface area (Å²) in [4.78, 5) is 20.0. The summed E-state index contributed by atoms with van der Waals surface area (Å²) in [6.45, 7) is 4.49. The van der Waals surface area contributed by atoms with E-state index in [2.05, 4.69) is 5.16 Å². The Balaban J connectivity index is 1.70. The maximum Gasteiger partial charge on any atom is 0.223 e. The Kier molecular flexibility index (Phi) is 7.14. The van der Waals surface area contributed by atoms with Crippen molar-refractivity contribution in [3.63, 3.8) is 0 Å². The highest BCUT2D eigenvalue weighted by Crippen LogP contribution is 2.26. The van der Waals surface area contributed by atoms with Crippen LogP contribution in [0.5, 0.6) is 0 Å². The van der Waals surface area contributed by atoms with Gasteiger partial charge < -0.3 is 9.74 Å². The van der Waals surface area contributed by atoms with Crippen LogP contribution in [0.25, 0.3) is 0 Å². The molecule has 0 aliphatic carbocycles. The van der Waals surface area contributed by atoms with E-state index in [1.54, 1.807) is 35.2 Å². The Morgan fingerprint density at radius 1 is 1.24 bits per heavy atom. The molecule has 0 spiro atoms. The molecule has 2 aromatic rings. The van der Waals surface area contributed by atoms with Gasteiger partial charge in [0, 0.05) is 30.5 Å². The second-order valence-electron chi connectivity index (χ2n) is 7.56. The Morgan fingerprint density at radius 2 is 2.00 bits per heavy atom. The van der Waals surface area contributed by atoms with E-state index in [-0.39, 0.29) is 30.3 Å². The van der Waals surface area contributed by atoms with Crippen LogP contribution < -0.4 is 0 Å². The lowest BCUT2D eigenvalue weighted by Crippen LogP contribution is -2.38. The molecular weight excluding hydrogens is 414 g/mol. The van der Waals surface area contributed by atoms with Gasteiger partial charge in [-0.1, -0.05) is 66.5 Å². The van der Waals surface area contributed by atoms with E-state index in [0.29, 0.717) is 35.0 Å². The SMILES string of the molecule is CC(C)CC(=O)N(Cc1ccccc1F)CC1CC(c2ccc(Cl)c(Cl)c2)=NO1. The molecule has 0 fully saturated rings. The fourth-order valence-corrected chi connectivity index (χ4v) is 3.48. The number of hydrogen-bond donors (Lipinski definition) is 0. The average molecular weight is 437 g/mol. The number of amides is 1. The third-order valence-corrected chi connectivity index (χ3v) is 5.40. The van der Waals surface area contributed by atoms with E-state index in [0.717, 1.165) is 11.3 Å². The Labute approximate surface area is 180 Å². The van der Waals surface area contributed by atoms with Crippen LogP contribution in [0.15, 0.2) is 47.6 Å². The van der Waals surface area contributed by atoms with Crippen molar-refractivity contribution in [2.24, 2.45) is 11.1 Å². The topological polar surface area (TPSA) is 41.9 Å². The van der Waals surface area contributed by atoms with Gasteiger partial charge in [0.05, 0.1) is 22.3 Å². The van der Waals surface area contributed by atoms with Gasteiger partial charge in [0.25, 0.3) is 0 Å². The zero-order chi connectivity index (χ0) is 21.0. The van der Waals surface area contributed by atoms with Gasteiger partial charge in [-0.15, -0.1) is 0 Å². The Morgan fingerprint density at radius 3 is 2.69 bits per heavy atom. The highest BCUT2D eigenvalue weighted by atomic mass is 35.5. The van der Waals surface area contributed by atoms with E-state index in [9.17, 15) is 9.18 Å². The summed E-state index contributed by atoms with van der Waals surface area (Å²) < 4.78 is 14.1. The molecule has 154 valence electrons. The van der Waals surface area contributed by atoms with Crippen molar-refractivity contribution >= 4 is 34.8 Å². The molecule has 1 amide bonds. The summed E-state index contributed by atoms with van der Waals surface area (Å²) in [6, 6.07) is 11.8. The number of rotatable bonds is 7. The average Bonchev–Trinajstić information content (AvgIpc) is 3.13. The molecule has 0 aromatic heterocycles. The molecule has 0 saturated heterocycles. The molecule has 0 N–H and O–H groups in total. The van der Waals surface area contributed by atoms with Crippen LogP contribution in [0, 0.1) is 11.7 Å². The van der Waals surface area contributed by atoms with E-state index < -0.39 is 0 Å². The first-order valence-electron chi connectivity index (χ1n) is 9.52. The standard InChI is InChI=1S/C22H23Cl2FN2O2/c1-14(2)9-22(28)27(12-16-5-3-4-6-20(16)25)13-17-11-21(26-29-17)15-7-8-18(23)19(24)10-15/h3-8,10,14,17H,9,11-13H2,1-2H3. The second kappa shape index (κ2) is 9.59. The molecule has 0 radical (unpaired) electrons. The highest BCUT2D eigenvalue weighted by Gasteiger charge is 2.27. The minimum atomic E-state index is -0.324. The van der Waals surface area contributed by atoms with Crippen molar-refractivity contribution in [3.05, 3.63) is 69.5 Å². The number of benzene rings is 2. The van der Waals surface area contributed by atoms with Gasteiger partial charge in [-0.25, -0.2) is 4.39 Å². The van der Waals surface area contributed by atoms with Crippen molar-refractivity contribution in [2.75, 3.05) is 6.54 Å². The van der Waals surface area contributed by atoms with Crippen LogP contribution in [-0.2, 0) is 16.2 Å². The minimum absolute atomic E-state index is 0.0326. The van der Waals surface area contributed by atoms with Gasteiger partial charge in [-0.05, 0) is 24.1 Å². The Hall–Kier alpha value is -2.11. The summed E-state index contributed by atoms with van der Waals surface area (Å²) >= 11 is 12.1. The van der Waals surface area contributed by atoms with Crippen LogP contribution in [0.3, 0.4) is 0 Å². The first kappa shape index (κ1) is 21.6. The van der Waals surface area contributed by atoms with Gasteiger partial charge in [0.1, 0.15) is 5.82 Å². The van der Waals surface area contributed by atoms with Crippen molar-refractivity contribution in [1.29, 1.82) is 0 Å². The molecule has 4 nitrogen and oxygen atoms in total. The molecule has 3 rings (SSSR count). The quantitative estimate of drug-likeness (QED) is 0.558. The molecule has 1 aliphatic heterocycles. The fraction of sp³-hybridized carbons (Fsp3) is 0.364. The monoisotopic (exact) mass is 436 g/mol. The maximum atomic E-state index is 14.1. The molecule has 0 bridgehead atoms. The first-order chi connectivity index (χ1) is 13.8. The number of oxime groups is 1. The summed E-state index contributed by atoms with van der Waals surface area (Å²) in [7, 11) is 0. The predicted molar refractivity (Wildman–Crippen MR) is 114 cm³/mol. The molecule has 1 heterocycles. The normalized spacial score (nSPS) is 15.9. The summed E-state index contributed by atoms with van der Waals surface area (Å²) in [6.07, 6.45) is 0.616. The predicted octanol–water partition coefficient (Wildman–Crippen LogP) is 5.70. The molecule has 29 heavy (non-hydrogen) atoms. The van der Waals surface area contributed by atoms with Crippen LogP contribution in [-0.4, -0.2) is 29.2 Å². The van der Waals surface area contributed by atoms with Gasteiger partial charge in [-0.3, -0.25) is 4.79 Å². The van der Waals surface area contributed by atoms with Gasteiger partial charge in [0.15, 0.2) is 6.10 Å². The lowest BCUT2D eigenvalue weighted by molar-refractivity contribution is -0.134. The molecule has 1 aliphatic rings. The number of halogens is 3.